The van der Waals surface area contributed by atoms with E-state index in [0.29, 0.717) is 5.82 Å². The van der Waals surface area contributed by atoms with Crippen LogP contribution in [0.2, 0.25) is 0 Å². The maximum atomic E-state index is 9.14. The van der Waals surface area contributed by atoms with E-state index in [1.165, 1.54) is 0 Å². The number of aromatic nitrogens is 1. The third-order valence-electron chi connectivity index (χ3n) is 2.55. The molecule has 3 nitrogen and oxygen atoms in total. The van der Waals surface area contributed by atoms with Crippen molar-refractivity contribution in [1.82, 2.24) is 4.98 Å². The number of nitrogens with zero attached hydrogens (tertiary/aromatic N) is 1. The number of nitrogens with two attached hydrogens (primary N) is 1. The lowest BCUT2D eigenvalue weighted by atomic mass is 9.98. The lowest BCUT2D eigenvalue weighted by molar-refractivity contribution is 0.255. The van der Waals surface area contributed by atoms with Gasteiger partial charge >= 0.3 is 0 Å². The van der Waals surface area contributed by atoms with Crippen molar-refractivity contribution in [3.05, 3.63) is 23.9 Å². The van der Waals surface area contributed by atoms with Gasteiger partial charge in [0.25, 0.3) is 0 Å². The van der Waals surface area contributed by atoms with E-state index in [4.69, 9.17) is 10.8 Å². The highest BCUT2D eigenvalue weighted by Crippen LogP contribution is 2.47. The van der Waals surface area contributed by atoms with Crippen LogP contribution in [0, 0.1) is 0 Å². The van der Waals surface area contributed by atoms with Crippen molar-refractivity contribution < 1.29 is 5.11 Å². The fourth-order valence-corrected chi connectivity index (χ4v) is 1.47. The van der Waals surface area contributed by atoms with E-state index >= 15 is 0 Å². The van der Waals surface area contributed by atoms with Crippen LogP contribution in [0.4, 0.5) is 5.82 Å². The molecule has 0 aliphatic heterocycles. The van der Waals surface area contributed by atoms with Crippen LogP contribution in [0.3, 0.4) is 0 Å². The summed E-state index contributed by atoms with van der Waals surface area (Å²) in [5, 5.41) is 9.14. The predicted molar refractivity (Wildman–Crippen MR) is 46.6 cm³/mol. The molecule has 0 bridgehead atoms. The molecule has 1 saturated carbocycles. The fourth-order valence-electron chi connectivity index (χ4n) is 1.47. The van der Waals surface area contributed by atoms with Crippen LogP contribution < -0.4 is 5.73 Å². The largest absolute Gasteiger partial charge is 0.395 e. The van der Waals surface area contributed by atoms with Crippen molar-refractivity contribution in [3.63, 3.8) is 0 Å². The van der Waals surface area contributed by atoms with Gasteiger partial charge in [0.15, 0.2) is 0 Å². The van der Waals surface area contributed by atoms with Gasteiger partial charge in [0.05, 0.1) is 6.61 Å². The number of hydrogen-bond acceptors (Lipinski definition) is 3. The molecule has 1 fully saturated rings. The molecule has 3 N–H and O–H groups in total. The van der Waals surface area contributed by atoms with Gasteiger partial charge in [0.2, 0.25) is 0 Å². The zero-order valence-electron chi connectivity index (χ0n) is 6.83. The third kappa shape index (κ3) is 1.06. The monoisotopic (exact) mass is 164 g/mol. The summed E-state index contributed by atoms with van der Waals surface area (Å²) in [5.74, 6) is 0.534. The average molecular weight is 164 g/mol. The van der Waals surface area contributed by atoms with Gasteiger partial charge < -0.3 is 10.8 Å². The average Bonchev–Trinajstić information content (AvgIpc) is 2.84. The Morgan fingerprint density at radius 1 is 1.58 bits per heavy atom. The molecule has 0 radical (unpaired) electrons. The number of anilines is 1. The maximum Gasteiger partial charge on any atom is 0.123 e. The highest BCUT2D eigenvalue weighted by atomic mass is 16.3. The van der Waals surface area contributed by atoms with Crippen LogP contribution in [-0.4, -0.2) is 16.7 Å². The minimum absolute atomic E-state index is 0.0110. The van der Waals surface area contributed by atoms with Crippen LogP contribution in [0.15, 0.2) is 18.3 Å². The van der Waals surface area contributed by atoms with E-state index in [2.05, 4.69) is 4.98 Å². The minimum Gasteiger partial charge on any atom is -0.395 e. The van der Waals surface area contributed by atoms with Gasteiger partial charge in [-0.1, -0.05) is 0 Å². The van der Waals surface area contributed by atoms with Gasteiger partial charge in [-0.2, -0.15) is 0 Å². The van der Waals surface area contributed by atoms with Crippen molar-refractivity contribution in [2.24, 2.45) is 0 Å². The predicted octanol–water partition coefficient (Wildman–Crippen LogP) is 0.688. The first-order valence-corrected chi connectivity index (χ1v) is 4.10. The van der Waals surface area contributed by atoms with Crippen molar-refractivity contribution in [1.29, 1.82) is 0 Å². The lowest BCUT2D eigenvalue weighted by Gasteiger charge is -2.11. The fraction of sp³-hybridized carbons (Fsp3) is 0.444. The second kappa shape index (κ2) is 2.45. The number of pyridine rings is 1. The van der Waals surface area contributed by atoms with Crippen molar-refractivity contribution in [2.45, 2.75) is 18.3 Å². The van der Waals surface area contributed by atoms with Gasteiger partial charge in [-0.05, 0) is 30.5 Å². The van der Waals surface area contributed by atoms with Crippen molar-refractivity contribution in [2.75, 3.05) is 12.3 Å². The first-order chi connectivity index (χ1) is 5.77. The topological polar surface area (TPSA) is 59.1 Å². The maximum absolute atomic E-state index is 9.14. The molecule has 0 saturated heterocycles. The van der Waals surface area contributed by atoms with Crippen LogP contribution in [0.5, 0.6) is 0 Å². The summed E-state index contributed by atoms with van der Waals surface area (Å²) in [4.78, 5) is 3.91. The lowest BCUT2D eigenvalue weighted by Crippen LogP contribution is -2.12. The number of nitrogen functional groups attached to an aromatic ring is 1. The summed E-state index contributed by atoms with van der Waals surface area (Å²) in [5.41, 5.74) is 6.68. The number of aliphatic hydroxyl groups is 1. The Morgan fingerprint density at radius 2 is 2.33 bits per heavy atom. The summed E-state index contributed by atoms with van der Waals surface area (Å²) >= 11 is 0. The Labute approximate surface area is 71.2 Å². The Morgan fingerprint density at radius 3 is 2.83 bits per heavy atom. The Balaban J connectivity index is 2.34. The van der Waals surface area contributed by atoms with E-state index in [1.807, 2.05) is 12.1 Å². The quantitative estimate of drug-likeness (QED) is 0.676. The standard InChI is InChI=1S/C9H12N2O/c10-8-5-7(1-4-11-8)9(6-12)2-3-9/h1,4-5,12H,2-3,6H2,(H2,10,11). The molecule has 64 valence electrons. The van der Waals surface area contributed by atoms with Gasteiger partial charge in [0.1, 0.15) is 5.82 Å². The summed E-state index contributed by atoms with van der Waals surface area (Å²) < 4.78 is 0. The Hall–Kier alpha value is -1.09. The number of hydrogen-bond donors (Lipinski definition) is 2. The highest BCUT2D eigenvalue weighted by molar-refractivity contribution is 5.39. The molecule has 2 rings (SSSR count). The molecule has 1 aromatic rings. The van der Waals surface area contributed by atoms with E-state index in [0.717, 1.165) is 18.4 Å². The molecule has 12 heavy (non-hydrogen) atoms. The van der Waals surface area contributed by atoms with E-state index in [-0.39, 0.29) is 12.0 Å². The summed E-state index contributed by atoms with van der Waals surface area (Å²) in [7, 11) is 0. The molecular weight excluding hydrogens is 152 g/mol. The zero-order valence-corrected chi connectivity index (χ0v) is 6.83. The van der Waals surface area contributed by atoms with Gasteiger partial charge in [-0.3, -0.25) is 0 Å². The van der Waals surface area contributed by atoms with E-state index in [1.54, 1.807) is 6.20 Å². The van der Waals surface area contributed by atoms with Gasteiger partial charge in [0, 0.05) is 11.6 Å². The van der Waals surface area contributed by atoms with E-state index in [9.17, 15) is 0 Å². The molecule has 1 aliphatic carbocycles. The Bertz CT molecular complexity index is 294. The molecule has 0 amide bonds. The van der Waals surface area contributed by atoms with Gasteiger partial charge in [-0.15, -0.1) is 0 Å². The second-order valence-electron chi connectivity index (χ2n) is 3.41. The van der Waals surface area contributed by atoms with Crippen LogP contribution >= 0.6 is 0 Å². The molecule has 0 aromatic carbocycles. The smallest absolute Gasteiger partial charge is 0.123 e. The molecule has 1 aliphatic rings. The second-order valence-corrected chi connectivity index (χ2v) is 3.41. The summed E-state index contributed by atoms with van der Waals surface area (Å²) in [6, 6.07) is 3.78. The molecule has 3 heteroatoms. The SMILES string of the molecule is Nc1cc(C2(CO)CC2)ccn1. The number of aliphatic hydroxyl groups excluding tert-OH is 1. The van der Waals surface area contributed by atoms with Crippen molar-refractivity contribution in [3.8, 4) is 0 Å². The van der Waals surface area contributed by atoms with E-state index < -0.39 is 0 Å². The third-order valence-corrected chi connectivity index (χ3v) is 2.55. The molecule has 1 heterocycles. The molecular formula is C9H12N2O. The van der Waals surface area contributed by atoms with Gasteiger partial charge in [-0.25, -0.2) is 4.98 Å². The molecule has 1 aromatic heterocycles. The van der Waals surface area contributed by atoms with Crippen LogP contribution in [-0.2, 0) is 5.41 Å². The molecule has 0 atom stereocenters. The van der Waals surface area contributed by atoms with Crippen LogP contribution in [0.1, 0.15) is 18.4 Å². The first kappa shape index (κ1) is 7.55. The highest BCUT2D eigenvalue weighted by Gasteiger charge is 2.43. The molecule has 0 spiro atoms. The molecule has 0 unspecified atom stereocenters. The van der Waals surface area contributed by atoms with Crippen LogP contribution in [0.25, 0.3) is 0 Å². The van der Waals surface area contributed by atoms with Crippen molar-refractivity contribution >= 4 is 5.82 Å². The normalized spacial score (nSPS) is 19.1. The summed E-state index contributed by atoms with van der Waals surface area (Å²) in [6.45, 7) is 0.219. The minimum atomic E-state index is 0.0110. The summed E-state index contributed by atoms with van der Waals surface area (Å²) in [6.07, 6.45) is 3.82. The first-order valence-electron chi connectivity index (χ1n) is 4.10. The number of rotatable bonds is 2. The Kier molecular flexibility index (Phi) is 1.54. The zero-order chi connectivity index (χ0) is 8.60.